The van der Waals surface area contributed by atoms with E-state index in [1.54, 1.807) is 6.07 Å². The van der Waals surface area contributed by atoms with Crippen molar-refractivity contribution in [2.75, 3.05) is 6.61 Å². The maximum atomic E-state index is 10.8. The Balaban J connectivity index is 1.53. The molecule has 0 saturated heterocycles. The Morgan fingerprint density at radius 2 is 1.49 bits per heavy atom. The van der Waals surface area contributed by atoms with Crippen molar-refractivity contribution in [3.63, 3.8) is 0 Å². The number of carboxylic acid groups (broad SMARTS) is 1. The Labute approximate surface area is 203 Å². The molecule has 0 unspecified atom stereocenters. The first kappa shape index (κ1) is 22.2. The van der Waals surface area contributed by atoms with Crippen molar-refractivity contribution < 1.29 is 19.1 Å². The second-order valence-electron chi connectivity index (χ2n) is 8.09. The molecule has 0 atom stereocenters. The summed E-state index contributed by atoms with van der Waals surface area (Å²) in [6, 6.07) is 35.5. The van der Waals surface area contributed by atoms with Gasteiger partial charge in [0.1, 0.15) is 11.4 Å². The van der Waals surface area contributed by atoms with Crippen molar-refractivity contribution >= 4 is 5.97 Å². The second-order valence-corrected chi connectivity index (χ2v) is 8.09. The lowest BCUT2D eigenvalue weighted by Gasteiger charge is -2.09. The quantitative estimate of drug-likeness (QED) is 0.277. The third-order valence-corrected chi connectivity index (χ3v) is 5.61. The summed E-state index contributed by atoms with van der Waals surface area (Å²) < 4.78 is 11.8. The van der Waals surface area contributed by atoms with Crippen LogP contribution in [0.25, 0.3) is 34.0 Å². The van der Waals surface area contributed by atoms with Crippen LogP contribution in [-0.4, -0.2) is 22.7 Å². The van der Waals surface area contributed by atoms with Crippen LogP contribution in [0.3, 0.4) is 0 Å². The van der Waals surface area contributed by atoms with E-state index in [4.69, 9.17) is 19.2 Å². The standard InChI is InChI=1S/C30H23NO4/c32-27(33)20-34-25-16-9-10-21(19-25)18-24-15-7-8-17-26(24)30-31-28(22-11-3-1-4-12-22)29(35-30)23-13-5-2-6-14-23/h1-17,19H,18,20H2,(H,32,33). The smallest absolute Gasteiger partial charge is 0.341 e. The van der Waals surface area contributed by atoms with Crippen LogP contribution in [0.1, 0.15) is 11.1 Å². The van der Waals surface area contributed by atoms with E-state index >= 15 is 0 Å². The van der Waals surface area contributed by atoms with Crippen LogP contribution in [0.5, 0.6) is 5.75 Å². The molecule has 0 aliphatic heterocycles. The minimum absolute atomic E-state index is 0.374. The predicted molar refractivity (Wildman–Crippen MR) is 135 cm³/mol. The molecule has 5 aromatic rings. The van der Waals surface area contributed by atoms with E-state index in [1.165, 1.54) is 0 Å². The van der Waals surface area contributed by atoms with Gasteiger partial charge >= 0.3 is 5.97 Å². The lowest BCUT2D eigenvalue weighted by Crippen LogP contribution is -2.09. The molecule has 0 radical (unpaired) electrons. The molecule has 0 fully saturated rings. The third-order valence-electron chi connectivity index (χ3n) is 5.61. The molecule has 4 aromatic carbocycles. The van der Waals surface area contributed by atoms with Gasteiger partial charge in [0, 0.05) is 16.7 Å². The third kappa shape index (κ3) is 5.14. The molecule has 5 rings (SSSR count). The Kier molecular flexibility index (Phi) is 6.39. The second kappa shape index (κ2) is 10.1. The Hall–Kier alpha value is -4.64. The Morgan fingerprint density at radius 1 is 0.800 bits per heavy atom. The highest BCUT2D eigenvalue weighted by atomic mass is 16.5. The van der Waals surface area contributed by atoms with Gasteiger partial charge in [0.15, 0.2) is 12.4 Å². The zero-order chi connectivity index (χ0) is 24.0. The minimum Gasteiger partial charge on any atom is -0.482 e. The molecule has 0 amide bonds. The highest BCUT2D eigenvalue weighted by Crippen LogP contribution is 2.37. The summed E-state index contributed by atoms with van der Waals surface area (Å²) in [5, 5.41) is 8.89. The van der Waals surface area contributed by atoms with Crippen LogP contribution in [0.15, 0.2) is 114 Å². The van der Waals surface area contributed by atoms with Gasteiger partial charge in [-0.05, 0) is 35.7 Å². The molecule has 0 bridgehead atoms. The zero-order valence-corrected chi connectivity index (χ0v) is 18.9. The molecule has 5 nitrogen and oxygen atoms in total. The van der Waals surface area contributed by atoms with Crippen LogP contribution in [0, 0.1) is 0 Å². The van der Waals surface area contributed by atoms with E-state index in [1.807, 2.05) is 97.1 Å². The van der Waals surface area contributed by atoms with Crippen molar-refractivity contribution in [2.45, 2.75) is 6.42 Å². The molecule has 5 heteroatoms. The maximum absolute atomic E-state index is 10.8. The van der Waals surface area contributed by atoms with E-state index in [2.05, 4.69) is 6.07 Å². The summed E-state index contributed by atoms with van der Waals surface area (Å²) in [5.74, 6) is 0.798. The predicted octanol–water partition coefficient (Wildman–Crippen LogP) is 6.73. The van der Waals surface area contributed by atoms with Crippen LogP contribution in [0.2, 0.25) is 0 Å². The summed E-state index contributed by atoms with van der Waals surface area (Å²) in [4.78, 5) is 15.8. The van der Waals surface area contributed by atoms with E-state index in [0.29, 0.717) is 18.1 Å². The number of nitrogens with zero attached hydrogens (tertiary/aromatic N) is 1. The van der Waals surface area contributed by atoms with Gasteiger partial charge in [-0.1, -0.05) is 91.0 Å². The van der Waals surface area contributed by atoms with Crippen molar-refractivity contribution in [1.29, 1.82) is 0 Å². The lowest BCUT2D eigenvalue weighted by molar-refractivity contribution is -0.139. The topological polar surface area (TPSA) is 72.6 Å². The first-order valence-electron chi connectivity index (χ1n) is 11.3. The van der Waals surface area contributed by atoms with E-state index in [9.17, 15) is 4.79 Å². The maximum Gasteiger partial charge on any atom is 0.341 e. The van der Waals surface area contributed by atoms with Gasteiger partial charge in [-0.25, -0.2) is 9.78 Å². The first-order chi connectivity index (χ1) is 17.2. The largest absolute Gasteiger partial charge is 0.482 e. The van der Waals surface area contributed by atoms with E-state index in [0.717, 1.165) is 39.3 Å². The minimum atomic E-state index is -1.01. The summed E-state index contributed by atoms with van der Waals surface area (Å²) in [7, 11) is 0. The van der Waals surface area contributed by atoms with E-state index < -0.39 is 5.97 Å². The number of rotatable bonds is 8. The van der Waals surface area contributed by atoms with Crippen LogP contribution in [0.4, 0.5) is 0 Å². The number of aliphatic carboxylic acids is 1. The van der Waals surface area contributed by atoms with Gasteiger partial charge in [0.05, 0.1) is 0 Å². The number of oxazole rings is 1. The molecule has 1 N–H and O–H groups in total. The Morgan fingerprint density at radius 3 is 2.23 bits per heavy atom. The molecule has 0 spiro atoms. The molecule has 172 valence electrons. The summed E-state index contributed by atoms with van der Waals surface area (Å²) in [6.07, 6.45) is 0.615. The SMILES string of the molecule is O=C(O)COc1cccc(Cc2ccccc2-c2nc(-c3ccccc3)c(-c3ccccc3)o2)c1. The molecule has 0 aliphatic carbocycles. The molecule has 1 heterocycles. The van der Waals surface area contributed by atoms with Gasteiger partial charge in [-0.15, -0.1) is 0 Å². The lowest BCUT2D eigenvalue weighted by atomic mass is 9.99. The zero-order valence-electron chi connectivity index (χ0n) is 18.9. The number of ether oxygens (including phenoxy) is 1. The molecule has 35 heavy (non-hydrogen) atoms. The van der Waals surface area contributed by atoms with Crippen LogP contribution in [-0.2, 0) is 11.2 Å². The fraction of sp³-hybridized carbons (Fsp3) is 0.0667. The number of carbonyl (C=O) groups is 1. The van der Waals surface area contributed by atoms with Crippen molar-refractivity contribution in [1.82, 2.24) is 4.98 Å². The van der Waals surface area contributed by atoms with Crippen LogP contribution >= 0.6 is 0 Å². The summed E-state index contributed by atoms with van der Waals surface area (Å²) >= 11 is 0. The van der Waals surface area contributed by atoms with Crippen molar-refractivity contribution in [2.24, 2.45) is 0 Å². The number of benzene rings is 4. The van der Waals surface area contributed by atoms with Gasteiger partial charge < -0.3 is 14.3 Å². The van der Waals surface area contributed by atoms with E-state index in [-0.39, 0.29) is 6.61 Å². The van der Waals surface area contributed by atoms with Crippen molar-refractivity contribution in [3.05, 3.63) is 120 Å². The normalized spacial score (nSPS) is 10.7. The average Bonchev–Trinajstić information content (AvgIpc) is 3.34. The molecule has 1 aromatic heterocycles. The monoisotopic (exact) mass is 461 g/mol. The number of aromatic nitrogens is 1. The van der Waals surface area contributed by atoms with Gasteiger partial charge in [0.25, 0.3) is 0 Å². The van der Waals surface area contributed by atoms with Crippen LogP contribution < -0.4 is 4.74 Å². The molecular formula is C30H23NO4. The average molecular weight is 462 g/mol. The highest BCUT2D eigenvalue weighted by molar-refractivity contribution is 5.79. The number of hydrogen-bond acceptors (Lipinski definition) is 4. The fourth-order valence-corrected chi connectivity index (χ4v) is 4.01. The van der Waals surface area contributed by atoms with Crippen molar-refractivity contribution in [3.8, 4) is 39.8 Å². The number of hydrogen-bond donors (Lipinski definition) is 1. The summed E-state index contributed by atoms with van der Waals surface area (Å²) in [6.45, 7) is -0.374. The Bertz CT molecular complexity index is 1380. The summed E-state index contributed by atoms with van der Waals surface area (Å²) in [5.41, 5.74) is 5.70. The fourth-order valence-electron chi connectivity index (χ4n) is 4.01. The molecule has 0 saturated carbocycles. The number of carboxylic acids is 1. The molecular weight excluding hydrogens is 438 g/mol. The van der Waals surface area contributed by atoms with Gasteiger partial charge in [-0.2, -0.15) is 0 Å². The highest BCUT2D eigenvalue weighted by Gasteiger charge is 2.19. The molecule has 0 aliphatic rings. The van der Waals surface area contributed by atoms with Gasteiger partial charge in [-0.3, -0.25) is 0 Å². The van der Waals surface area contributed by atoms with Gasteiger partial charge in [0.2, 0.25) is 5.89 Å². The first-order valence-corrected chi connectivity index (χ1v) is 11.3.